The number of nitriles is 2. The third-order valence-corrected chi connectivity index (χ3v) is 19.1. The zero-order chi connectivity index (χ0) is 73.3. The molecule has 530 valence electrons. The van der Waals surface area contributed by atoms with E-state index in [4.69, 9.17) is 5.26 Å². The lowest BCUT2D eigenvalue weighted by molar-refractivity contribution is 0.0737. The summed E-state index contributed by atoms with van der Waals surface area (Å²) in [5.41, 5.74) is 2.64. The standard InChI is InChI=1S/C26H21FN4O2S.C23H23FN2O3.C17H11FN2O2.C9H12N2OS.Cl3OP/c27-19-9-7-18(8-10-19)17-31-22-5-2-1-4-20(22)24(21(16-28)25(31)32)29-11-13-30(14-12-29)26(33)23-6-3-15-34-23;24-16-12-10-15(11-13-16)14-26-19-9-5-4-8-18(19)21(27)20(23(26)29)22(28)25-17-6-2-1-3-7-17;18-12-7-5-11(6-8-12)10-20-15-4-2-1-3-13(15)16(21)14(9-19)17(20)22;12-9(8-2-1-7-13-8)11-5-3-10-4-6-11;1-5(2,3)4/h1-10,15H,11-14,17H2;4-5,8-13,17,27H,1-3,6-7,14H2,(H,25,28);1-8,21H,10H2;1-2,7,10H,3-6H2;. The SMILES string of the molecule is N#Cc1c(N2CCN(C(=O)c3cccs3)CC2)c2ccccc2n(Cc2ccc(F)cc2)c1=O.N#Cc1c(O)c2ccccc2n(Cc2ccc(F)cc2)c1=O.O=C(NC1CCCCC1)c1c(O)c2ccccc2n(Cc2ccc(F)cc2)c1=O.O=C(c1cccs1)N1CCNCC1.O=P(Cl)(Cl)Cl. The Morgan fingerprint density at radius 2 is 0.903 bits per heavy atom. The molecule has 7 heterocycles. The van der Waals surface area contributed by atoms with Gasteiger partial charge in [0.25, 0.3) is 34.4 Å². The van der Waals surface area contributed by atoms with Crippen LogP contribution in [-0.2, 0) is 24.2 Å². The van der Waals surface area contributed by atoms with E-state index >= 15 is 0 Å². The number of thiophene rings is 2. The van der Waals surface area contributed by atoms with Gasteiger partial charge in [-0.1, -0.05) is 110 Å². The number of pyridine rings is 3. The molecule has 0 radical (unpaired) electrons. The Balaban J connectivity index is 0.000000150. The van der Waals surface area contributed by atoms with Crippen molar-refractivity contribution < 1.29 is 42.3 Å². The van der Waals surface area contributed by atoms with Crippen molar-refractivity contribution in [1.29, 1.82) is 10.5 Å². The second-order valence-electron chi connectivity index (χ2n) is 24.0. The molecule has 6 aromatic carbocycles. The van der Waals surface area contributed by atoms with E-state index in [1.54, 1.807) is 95.6 Å². The predicted octanol–water partition coefficient (Wildman–Crippen LogP) is 14.4. The third kappa shape index (κ3) is 19.2. The van der Waals surface area contributed by atoms with Crippen LogP contribution in [0.1, 0.15) is 89.6 Å². The van der Waals surface area contributed by atoms with E-state index < -0.39 is 22.2 Å². The fraction of sp³-hybridized carbons (Fsp3) is 0.227. The Morgan fingerprint density at radius 3 is 1.33 bits per heavy atom. The summed E-state index contributed by atoms with van der Waals surface area (Å²) in [5, 5.41) is 48.3. The summed E-state index contributed by atoms with van der Waals surface area (Å²) in [6.07, 6.45) is 5.00. The molecule has 0 unspecified atom stereocenters. The van der Waals surface area contributed by atoms with Gasteiger partial charge in [0.2, 0.25) is 0 Å². The number of para-hydroxylation sites is 3. The molecule has 5 aromatic heterocycles. The lowest BCUT2D eigenvalue weighted by Gasteiger charge is -2.37. The molecule has 3 amide bonds. The number of anilines is 1. The number of carbonyl (C=O) groups excluding carboxylic acids is 3. The minimum Gasteiger partial charge on any atom is -0.506 e. The summed E-state index contributed by atoms with van der Waals surface area (Å²) >= 11 is 16.8. The maximum absolute atomic E-state index is 13.5. The molecule has 19 nitrogen and oxygen atoms in total. The predicted molar refractivity (Wildman–Crippen MR) is 399 cm³/mol. The fourth-order valence-electron chi connectivity index (χ4n) is 12.3. The van der Waals surface area contributed by atoms with Crippen molar-refractivity contribution in [3.63, 3.8) is 0 Å². The number of carbonyl (C=O) groups is 3. The molecular formula is C75H67Cl3F3N10O9PS2. The fourth-order valence-corrected chi connectivity index (χ4v) is 13.7. The van der Waals surface area contributed by atoms with Crippen LogP contribution >= 0.6 is 61.6 Å². The van der Waals surface area contributed by atoms with Gasteiger partial charge in [-0.05, 0) is 153 Å². The number of aromatic nitrogens is 3. The van der Waals surface area contributed by atoms with E-state index in [9.17, 15) is 62.0 Å². The highest BCUT2D eigenvalue weighted by atomic mass is 36.0. The van der Waals surface area contributed by atoms with Crippen molar-refractivity contribution in [1.82, 2.24) is 34.1 Å². The van der Waals surface area contributed by atoms with Crippen LogP contribution < -0.4 is 32.2 Å². The first kappa shape index (κ1) is 75.6. The summed E-state index contributed by atoms with van der Waals surface area (Å²) in [4.78, 5) is 83.8. The smallest absolute Gasteiger partial charge is 0.339 e. The van der Waals surface area contributed by atoms with E-state index in [1.165, 1.54) is 68.2 Å². The number of nitrogens with zero attached hydrogens (tertiary/aromatic N) is 8. The van der Waals surface area contributed by atoms with Crippen LogP contribution in [0.4, 0.5) is 18.9 Å². The number of piperazine rings is 2. The normalized spacial score (nSPS) is 13.7. The lowest BCUT2D eigenvalue weighted by Crippen LogP contribution is -2.49. The first-order chi connectivity index (χ1) is 49.6. The van der Waals surface area contributed by atoms with Crippen LogP contribution in [0.2, 0.25) is 0 Å². The number of amides is 3. The molecule has 2 aliphatic heterocycles. The second kappa shape index (κ2) is 35.2. The van der Waals surface area contributed by atoms with Gasteiger partial charge in [0.15, 0.2) is 5.56 Å². The summed E-state index contributed by atoms with van der Waals surface area (Å²) in [5.74, 6) is -2.02. The first-order valence-corrected chi connectivity index (χ1v) is 38.8. The van der Waals surface area contributed by atoms with Gasteiger partial charge < -0.3 is 49.2 Å². The van der Waals surface area contributed by atoms with Gasteiger partial charge in [0.05, 0.1) is 51.6 Å². The van der Waals surface area contributed by atoms with Crippen LogP contribution in [0.25, 0.3) is 32.7 Å². The number of benzene rings is 6. The molecule has 11 aromatic rings. The van der Waals surface area contributed by atoms with Crippen LogP contribution in [0, 0.1) is 40.1 Å². The molecule has 0 bridgehead atoms. The number of fused-ring (bicyclic) bond motifs is 3. The van der Waals surface area contributed by atoms with Crippen molar-refractivity contribution in [3.8, 4) is 23.6 Å². The first-order valence-electron chi connectivity index (χ1n) is 32.6. The molecule has 4 N–H and O–H groups in total. The van der Waals surface area contributed by atoms with Crippen LogP contribution in [0.15, 0.2) is 195 Å². The van der Waals surface area contributed by atoms with Crippen molar-refractivity contribution in [2.75, 3.05) is 57.3 Å². The largest absolute Gasteiger partial charge is 0.506 e. The Hall–Kier alpha value is -10.0. The zero-order valence-corrected chi connectivity index (χ0v) is 59.9. The lowest BCUT2D eigenvalue weighted by atomic mass is 9.95. The average Bonchev–Trinajstić information content (AvgIpc) is 1.04. The van der Waals surface area contributed by atoms with Gasteiger partial charge in [0.1, 0.15) is 52.2 Å². The molecule has 14 rings (SSSR count). The van der Waals surface area contributed by atoms with Crippen LogP contribution in [-0.4, -0.2) is 110 Å². The number of rotatable bonds is 11. The Bertz CT molecular complexity index is 5160. The van der Waals surface area contributed by atoms with E-state index in [0.717, 1.165) is 85.2 Å². The summed E-state index contributed by atoms with van der Waals surface area (Å²) < 4.78 is 53.5. The van der Waals surface area contributed by atoms with Crippen molar-refractivity contribution in [2.24, 2.45) is 0 Å². The Kier molecular flexibility index (Phi) is 25.9. The quantitative estimate of drug-likeness (QED) is 0.0880. The molecule has 3 fully saturated rings. The molecule has 0 spiro atoms. The maximum Gasteiger partial charge on any atom is 0.339 e. The number of nitrogens with one attached hydrogen (secondary N) is 2. The molecule has 3 aliphatic rings. The van der Waals surface area contributed by atoms with Gasteiger partial charge in [-0.2, -0.15) is 10.5 Å². The van der Waals surface area contributed by atoms with Gasteiger partial charge in [-0.25, -0.2) is 13.2 Å². The number of hydrogen-bond acceptors (Lipinski definition) is 15. The number of aromatic hydroxyl groups is 2. The minimum absolute atomic E-state index is 0.00901. The molecule has 1 saturated carbocycles. The highest BCUT2D eigenvalue weighted by Crippen LogP contribution is 2.61. The molecule has 0 atom stereocenters. The monoisotopic (exact) mass is 1510 g/mol. The topological polar surface area (TPSA) is 256 Å². The average molecular weight is 1510 g/mol. The summed E-state index contributed by atoms with van der Waals surface area (Å²) in [7, 11) is 0. The van der Waals surface area contributed by atoms with Gasteiger partial charge in [-0.3, -0.25) is 33.3 Å². The summed E-state index contributed by atoms with van der Waals surface area (Å²) in [6, 6.07) is 50.3. The van der Waals surface area contributed by atoms with Crippen molar-refractivity contribution in [3.05, 3.63) is 272 Å². The minimum atomic E-state index is -3.22. The molecular weight excluding hydrogens is 1440 g/mol. The third-order valence-electron chi connectivity index (χ3n) is 17.3. The van der Waals surface area contributed by atoms with E-state index in [1.807, 2.05) is 74.0 Å². The zero-order valence-electron chi connectivity index (χ0n) is 55.1. The van der Waals surface area contributed by atoms with E-state index in [-0.39, 0.29) is 88.7 Å². The molecule has 1 aliphatic carbocycles. The Labute approximate surface area is 611 Å². The highest BCUT2D eigenvalue weighted by Gasteiger charge is 2.29. The molecule has 2 saturated heterocycles. The van der Waals surface area contributed by atoms with Crippen molar-refractivity contribution >= 4 is 118 Å². The van der Waals surface area contributed by atoms with E-state index in [2.05, 4.69) is 50.4 Å². The van der Waals surface area contributed by atoms with Crippen molar-refractivity contribution in [2.45, 2.75) is 57.8 Å². The van der Waals surface area contributed by atoms with Gasteiger partial charge in [-0.15, -0.1) is 22.7 Å². The summed E-state index contributed by atoms with van der Waals surface area (Å²) in [6.45, 7) is 6.15. The van der Waals surface area contributed by atoms with Gasteiger partial charge >= 0.3 is 5.20 Å². The Morgan fingerprint density at radius 1 is 0.515 bits per heavy atom. The van der Waals surface area contributed by atoms with E-state index in [0.29, 0.717) is 64.1 Å². The molecule has 28 heteroatoms. The number of halogens is 6. The number of hydrogen-bond donors (Lipinski definition) is 4. The van der Waals surface area contributed by atoms with Crippen LogP contribution in [0.3, 0.4) is 0 Å². The molecule has 103 heavy (non-hydrogen) atoms. The maximum atomic E-state index is 13.5. The van der Waals surface area contributed by atoms with Crippen LogP contribution in [0.5, 0.6) is 11.5 Å². The second-order valence-corrected chi connectivity index (χ2v) is 32.5. The highest BCUT2D eigenvalue weighted by molar-refractivity contribution is 8.24. The van der Waals surface area contributed by atoms with Gasteiger partial charge in [0, 0.05) is 74.6 Å².